The number of aryl methyl sites for hydroxylation is 2. The minimum absolute atomic E-state index is 0.595. The van der Waals surface area contributed by atoms with E-state index in [2.05, 4.69) is 95.4 Å². The Morgan fingerprint density at radius 2 is 1.76 bits per heavy atom. The maximum atomic E-state index is 5.28. The molecule has 188 valence electrons. The third-order valence-corrected chi connectivity index (χ3v) is 7.87. The summed E-state index contributed by atoms with van der Waals surface area (Å²) >= 11 is 2.34. The monoisotopic (exact) mass is 612 g/mol. The summed E-state index contributed by atoms with van der Waals surface area (Å²) in [6, 6.07) is 27.0. The SMILES string of the molecule is COc1ccc(CC2(I)N=NN=C2c2ccnc(-c3cnc(CCc4cccc5ccccc45)[nH]3)c2)cc1. The van der Waals surface area contributed by atoms with Gasteiger partial charge in [-0.15, -0.1) is 10.2 Å². The fraction of sp³-hybridized carbons (Fsp3) is 0.167. The fourth-order valence-corrected chi connectivity index (χ4v) is 5.74. The second-order valence-electron chi connectivity index (χ2n) is 9.23. The molecule has 6 rings (SSSR count). The van der Waals surface area contributed by atoms with Gasteiger partial charge in [-0.25, -0.2) is 4.98 Å². The highest BCUT2D eigenvalue weighted by molar-refractivity contribution is 14.1. The molecule has 0 amide bonds. The third-order valence-electron chi connectivity index (χ3n) is 6.76. The zero-order valence-corrected chi connectivity index (χ0v) is 23.0. The molecule has 7 nitrogen and oxygen atoms in total. The molecule has 0 fully saturated rings. The number of hydrogen-bond donors (Lipinski definition) is 1. The summed E-state index contributed by atoms with van der Waals surface area (Å²) in [6.45, 7) is 0. The Morgan fingerprint density at radius 3 is 2.63 bits per heavy atom. The van der Waals surface area contributed by atoms with Gasteiger partial charge >= 0.3 is 0 Å². The lowest BCUT2D eigenvalue weighted by Gasteiger charge is -2.20. The van der Waals surface area contributed by atoms with Gasteiger partial charge in [0, 0.05) is 24.6 Å². The van der Waals surface area contributed by atoms with Crippen LogP contribution in [0.25, 0.3) is 22.2 Å². The van der Waals surface area contributed by atoms with E-state index >= 15 is 0 Å². The van der Waals surface area contributed by atoms with Gasteiger partial charge in [0.25, 0.3) is 0 Å². The highest BCUT2D eigenvalue weighted by Gasteiger charge is 2.38. The number of fused-ring (bicyclic) bond motifs is 1. The van der Waals surface area contributed by atoms with E-state index in [1.165, 1.54) is 16.3 Å². The van der Waals surface area contributed by atoms with Crippen LogP contribution in [-0.2, 0) is 19.3 Å². The Hall–Kier alpha value is -3.92. The number of benzene rings is 3. The summed E-state index contributed by atoms with van der Waals surface area (Å²) in [5, 5.41) is 15.5. The maximum Gasteiger partial charge on any atom is 0.182 e. The lowest BCUT2D eigenvalue weighted by atomic mass is 9.97. The first kappa shape index (κ1) is 24.4. The number of ether oxygens (including phenoxy) is 1. The van der Waals surface area contributed by atoms with E-state index in [-0.39, 0.29) is 0 Å². The number of methoxy groups -OCH3 is 1. The first-order chi connectivity index (χ1) is 18.6. The van der Waals surface area contributed by atoms with Crippen LogP contribution < -0.4 is 4.74 Å². The molecule has 8 heteroatoms. The number of alkyl halides is 1. The van der Waals surface area contributed by atoms with Crippen molar-refractivity contribution in [2.45, 2.75) is 22.8 Å². The lowest BCUT2D eigenvalue weighted by Crippen LogP contribution is -2.30. The van der Waals surface area contributed by atoms with E-state index in [1.54, 1.807) is 13.3 Å². The maximum absolute atomic E-state index is 5.28. The summed E-state index contributed by atoms with van der Waals surface area (Å²) in [6.07, 6.45) is 6.04. The summed E-state index contributed by atoms with van der Waals surface area (Å²) in [7, 11) is 1.67. The third kappa shape index (κ3) is 4.96. The van der Waals surface area contributed by atoms with E-state index in [9.17, 15) is 0 Å². The van der Waals surface area contributed by atoms with Gasteiger partial charge in [-0.2, -0.15) is 0 Å². The van der Waals surface area contributed by atoms with Gasteiger partial charge in [-0.05, 0) is 80.4 Å². The van der Waals surface area contributed by atoms with Crippen LogP contribution in [0, 0.1) is 0 Å². The van der Waals surface area contributed by atoms with Crippen molar-refractivity contribution in [3.63, 3.8) is 0 Å². The van der Waals surface area contributed by atoms with Gasteiger partial charge in [-0.1, -0.05) is 54.6 Å². The van der Waals surface area contributed by atoms with E-state index in [0.717, 1.165) is 52.6 Å². The number of pyridine rings is 1. The lowest BCUT2D eigenvalue weighted by molar-refractivity contribution is 0.414. The van der Waals surface area contributed by atoms with Gasteiger partial charge < -0.3 is 9.72 Å². The van der Waals surface area contributed by atoms with Gasteiger partial charge in [-0.3, -0.25) is 4.98 Å². The Labute approximate surface area is 234 Å². The smallest absolute Gasteiger partial charge is 0.182 e. The van der Waals surface area contributed by atoms with Crippen LogP contribution in [0.1, 0.15) is 22.5 Å². The average Bonchev–Trinajstić information content (AvgIpc) is 3.59. The van der Waals surface area contributed by atoms with E-state index in [4.69, 9.17) is 4.74 Å². The number of aromatic amines is 1. The minimum atomic E-state index is -0.595. The molecule has 0 spiro atoms. The molecule has 38 heavy (non-hydrogen) atoms. The fourth-order valence-electron chi connectivity index (χ4n) is 4.78. The molecule has 0 saturated heterocycles. The van der Waals surface area contributed by atoms with Crippen molar-refractivity contribution in [1.29, 1.82) is 0 Å². The molecule has 1 N–H and O–H groups in total. The molecular weight excluding hydrogens is 587 g/mol. The number of hydrogen-bond acceptors (Lipinski definition) is 6. The first-order valence-electron chi connectivity index (χ1n) is 12.4. The summed E-state index contributed by atoms with van der Waals surface area (Å²) in [5.74, 6) is 1.76. The van der Waals surface area contributed by atoms with Crippen molar-refractivity contribution in [2.75, 3.05) is 7.11 Å². The molecule has 5 aromatic rings. The zero-order valence-electron chi connectivity index (χ0n) is 20.8. The van der Waals surface area contributed by atoms with Crippen LogP contribution in [0.2, 0.25) is 0 Å². The van der Waals surface area contributed by atoms with Gasteiger partial charge in [0.1, 0.15) is 17.3 Å². The molecule has 2 aromatic heterocycles. The predicted octanol–water partition coefficient (Wildman–Crippen LogP) is 6.96. The molecular formula is C30H25IN6O. The first-order valence-corrected chi connectivity index (χ1v) is 13.5. The predicted molar refractivity (Wildman–Crippen MR) is 158 cm³/mol. The molecule has 3 aromatic carbocycles. The topological polar surface area (TPSA) is 87.9 Å². The molecule has 0 saturated carbocycles. The van der Waals surface area contributed by atoms with Crippen molar-refractivity contribution in [2.24, 2.45) is 15.4 Å². The molecule has 1 aliphatic rings. The second kappa shape index (κ2) is 10.4. The highest BCUT2D eigenvalue weighted by Crippen LogP contribution is 2.36. The van der Waals surface area contributed by atoms with Crippen molar-refractivity contribution in [3.05, 3.63) is 114 Å². The molecule has 1 unspecified atom stereocenters. The minimum Gasteiger partial charge on any atom is -0.497 e. The number of rotatable bonds is 8. The number of H-pyrrole nitrogens is 1. The van der Waals surface area contributed by atoms with Gasteiger partial charge in [0.05, 0.1) is 24.7 Å². The van der Waals surface area contributed by atoms with Crippen LogP contribution in [0.5, 0.6) is 5.75 Å². The van der Waals surface area contributed by atoms with Crippen LogP contribution in [0.15, 0.2) is 107 Å². The van der Waals surface area contributed by atoms with Crippen molar-refractivity contribution in [1.82, 2.24) is 15.0 Å². The Kier molecular flexibility index (Phi) is 6.71. The van der Waals surface area contributed by atoms with E-state index in [1.807, 2.05) is 42.6 Å². The van der Waals surface area contributed by atoms with Crippen LogP contribution in [0.3, 0.4) is 0 Å². The number of imidazole rings is 1. The van der Waals surface area contributed by atoms with Crippen molar-refractivity contribution in [3.8, 4) is 17.1 Å². The molecule has 3 heterocycles. The van der Waals surface area contributed by atoms with Gasteiger partial charge in [0.15, 0.2) is 3.55 Å². The number of halogens is 1. The second-order valence-corrected chi connectivity index (χ2v) is 11.0. The normalized spacial score (nSPS) is 16.6. The quantitative estimate of drug-likeness (QED) is 0.117. The average molecular weight is 612 g/mol. The number of aromatic nitrogens is 3. The molecule has 0 bridgehead atoms. The molecule has 1 atom stereocenters. The number of nitrogens with zero attached hydrogens (tertiary/aromatic N) is 5. The van der Waals surface area contributed by atoms with Gasteiger partial charge in [0.2, 0.25) is 0 Å². The summed E-state index contributed by atoms with van der Waals surface area (Å²) < 4.78 is 4.69. The summed E-state index contributed by atoms with van der Waals surface area (Å²) in [5.41, 5.74) is 5.89. The van der Waals surface area contributed by atoms with Crippen molar-refractivity contribution < 1.29 is 4.74 Å². The number of nitrogens with one attached hydrogen (secondary N) is 1. The highest BCUT2D eigenvalue weighted by atomic mass is 127. The molecule has 0 radical (unpaired) electrons. The standard InChI is InChI=1S/C30H25IN6O/c1-38-24-12-9-20(10-13-24)18-30(31)29(35-37-36-30)23-15-16-32-26(17-23)27-19-33-28(34-27)14-11-22-7-4-6-21-5-2-3-8-25(21)22/h2-10,12-13,15-17,19H,11,14,18H2,1H3,(H,33,34). The van der Waals surface area contributed by atoms with Crippen LogP contribution in [0.4, 0.5) is 0 Å². The zero-order chi connectivity index (χ0) is 26.0. The van der Waals surface area contributed by atoms with Crippen LogP contribution >= 0.6 is 22.6 Å². The Balaban J connectivity index is 1.19. The largest absolute Gasteiger partial charge is 0.497 e. The van der Waals surface area contributed by atoms with Crippen LogP contribution in [-0.4, -0.2) is 31.3 Å². The van der Waals surface area contributed by atoms with Crippen molar-refractivity contribution >= 4 is 39.1 Å². The molecule has 1 aliphatic heterocycles. The Morgan fingerprint density at radius 1 is 0.921 bits per heavy atom. The molecule has 0 aliphatic carbocycles. The van der Waals surface area contributed by atoms with E-state index in [0.29, 0.717) is 6.42 Å². The Bertz CT molecular complexity index is 1650. The summed E-state index contributed by atoms with van der Waals surface area (Å²) in [4.78, 5) is 12.7. The van der Waals surface area contributed by atoms with E-state index < -0.39 is 3.55 Å².